The van der Waals surface area contributed by atoms with E-state index in [1.54, 1.807) is 6.92 Å². The molecule has 1 aliphatic heterocycles. The van der Waals surface area contributed by atoms with Crippen molar-refractivity contribution in [3.05, 3.63) is 16.1 Å². The van der Waals surface area contributed by atoms with Crippen molar-refractivity contribution in [2.24, 2.45) is 0 Å². The highest BCUT2D eigenvalue weighted by Crippen LogP contribution is 2.35. The largest absolute Gasteiger partial charge is 0.393 e. The molecule has 6 heteroatoms. The van der Waals surface area contributed by atoms with E-state index in [9.17, 15) is 13.5 Å². The number of sulfone groups is 1. The lowest BCUT2D eigenvalue weighted by Crippen LogP contribution is -2.21. The van der Waals surface area contributed by atoms with Crippen LogP contribution in [0.1, 0.15) is 42.1 Å². The van der Waals surface area contributed by atoms with Crippen molar-refractivity contribution in [1.29, 1.82) is 0 Å². The maximum absolute atomic E-state index is 11.9. The summed E-state index contributed by atoms with van der Waals surface area (Å²) < 4.78 is 23.9. The Balaban J connectivity index is 2.19. The van der Waals surface area contributed by atoms with Gasteiger partial charge in [-0.1, -0.05) is 6.42 Å². The van der Waals surface area contributed by atoms with Gasteiger partial charge < -0.3 is 5.11 Å². The normalized spacial score (nSPS) is 25.6. The van der Waals surface area contributed by atoms with Gasteiger partial charge in [-0.15, -0.1) is 11.3 Å². The molecule has 0 amide bonds. The van der Waals surface area contributed by atoms with Crippen LogP contribution in [-0.4, -0.2) is 30.4 Å². The van der Waals surface area contributed by atoms with Gasteiger partial charge in [-0.05, 0) is 19.8 Å². The third kappa shape index (κ3) is 3.05. The van der Waals surface area contributed by atoms with Crippen LogP contribution in [0.2, 0.25) is 0 Å². The lowest BCUT2D eigenvalue weighted by molar-refractivity contribution is 0.194. The van der Waals surface area contributed by atoms with Gasteiger partial charge in [-0.3, -0.25) is 0 Å². The highest BCUT2D eigenvalue weighted by atomic mass is 32.2. The quantitative estimate of drug-likeness (QED) is 0.912. The molecule has 4 nitrogen and oxygen atoms in total. The van der Waals surface area contributed by atoms with E-state index in [2.05, 4.69) is 4.98 Å². The van der Waals surface area contributed by atoms with Crippen molar-refractivity contribution in [2.75, 3.05) is 5.75 Å². The molecule has 1 saturated heterocycles. The molecule has 2 heterocycles. The van der Waals surface area contributed by atoms with Gasteiger partial charge >= 0.3 is 0 Å². The number of hydrogen-bond acceptors (Lipinski definition) is 5. The fourth-order valence-corrected chi connectivity index (χ4v) is 5.33. The Morgan fingerprint density at radius 3 is 3.00 bits per heavy atom. The zero-order valence-electron chi connectivity index (χ0n) is 9.80. The van der Waals surface area contributed by atoms with Crippen LogP contribution >= 0.6 is 11.3 Å². The molecule has 0 aliphatic carbocycles. The molecule has 1 fully saturated rings. The second-order valence-corrected chi connectivity index (χ2v) is 7.77. The van der Waals surface area contributed by atoms with Crippen molar-refractivity contribution in [3.63, 3.8) is 0 Å². The molecule has 1 aliphatic rings. The molecule has 0 saturated carbocycles. The maximum Gasteiger partial charge on any atom is 0.159 e. The first-order valence-electron chi connectivity index (χ1n) is 5.83. The van der Waals surface area contributed by atoms with E-state index < -0.39 is 21.2 Å². The molecular formula is C11H17NO3S2. The minimum atomic E-state index is -3.01. The third-order valence-corrected chi connectivity index (χ3v) is 6.27. The van der Waals surface area contributed by atoms with Gasteiger partial charge in [0.15, 0.2) is 9.84 Å². The molecule has 2 atom stereocenters. The highest BCUT2D eigenvalue weighted by Gasteiger charge is 2.32. The zero-order chi connectivity index (χ0) is 12.5. The molecule has 17 heavy (non-hydrogen) atoms. The van der Waals surface area contributed by atoms with Gasteiger partial charge in [0.25, 0.3) is 0 Å². The van der Waals surface area contributed by atoms with Crippen LogP contribution in [-0.2, 0) is 16.3 Å². The van der Waals surface area contributed by atoms with Gasteiger partial charge in [-0.2, -0.15) is 0 Å². The summed E-state index contributed by atoms with van der Waals surface area (Å²) in [6.07, 6.45) is 2.46. The summed E-state index contributed by atoms with van der Waals surface area (Å²) >= 11 is 1.40. The summed E-state index contributed by atoms with van der Waals surface area (Å²) in [5.41, 5.74) is 0.792. The van der Waals surface area contributed by atoms with E-state index in [0.717, 1.165) is 18.5 Å². The molecule has 0 aromatic carbocycles. The fraction of sp³-hybridized carbons (Fsp3) is 0.727. The number of rotatable bonds is 3. The smallest absolute Gasteiger partial charge is 0.159 e. The Morgan fingerprint density at radius 2 is 2.35 bits per heavy atom. The Hall–Kier alpha value is -0.460. The molecule has 0 radical (unpaired) electrons. The Morgan fingerprint density at radius 1 is 1.59 bits per heavy atom. The molecule has 2 unspecified atom stereocenters. The summed E-state index contributed by atoms with van der Waals surface area (Å²) in [5, 5.41) is 11.4. The lowest BCUT2D eigenvalue weighted by Gasteiger charge is -2.19. The minimum absolute atomic E-state index is 0.281. The minimum Gasteiger partial charge on any atom is -0.393 e. The third-order valence-electron chi connectivity index (χ3n) is 2.93. The molecule has 0 spiro atoms. The van der Waals surface area contributed by atoms with E-state index in [1.807, 2.05) is 5.38 Å². The van der Waals surface area contributed by atoms with Crippen molar-refractivity contribution < 1.29 is 13.5 Å². The van der Waals surface area contributed by atoms with Gasteiger partial charge in [0.1, 0.15) is 10.3 Å². The van der Waals surface area contributed by atoms with Crippen LogP contribution in [0.4, 0.5) is 0 Å². The number of aliphatic hydroxyl groups excluding tert-OH is 1. The van der Waals surface area contributed by atoms with E-state index in [4.69, 9.17) is 0 Å². The van der Waals surface area contributed by atoms with Crippen LogP contribution in [0.25, 0.3) is 0 Å². The average Bonchev–Trinajstić information content (AvgIpc) is 2.64. The Bertz CT molecular complexity index is 479. The standard InChI is InChI=1S/C11H17NO3S2/c1-8(13)6-9-7-16-11(12-9)10-4-2-3-5-17(10,14)15/h7-8,10,13H,2-6H2,1H3. The van der Waals surface area contributed by atoms with E-state index in [0.29, 0.717) is 17.8 Å². The number of aliphatic hydroxyl groups is 1. The number of nitrogens with zero attached hydrogens (tertiary/aromatic N) is 1. The number of thiazole rings is 1. The van der Waals surface area contributed by atoms with Gasteiger partial charge in [-0.25, -0.2) is 13.4 Å². The van der Waals surface area contributed by atoms with Gasteiger partial charge in [0.05, 0.1) is 17.6 Å². The first kappa shape index (κ1) is 13.0. The average molecular weight is 275 g/mol. The van der Waals surface area contributed by atoms with Crippen molar-refractivity contribution in [2.45, 2.75) is 44.0 Å². The van der Waals surface area contributed by atoms with Crippen molar-refractivity contribution in [1.82, 2.24) is 4.98 Å². The SMILES string of the molecule is CC(O)Cc1csc(C2CCCCS2(=O)=O)n1. The number of hydrogen-bond donors (Lipinski definition) is 1. The molecule has 1 aromatic heterocycles. The second kappa shape index (κ2) is 5.04. The van der Waals surface area contributed by atoms with Crippen LogP contribution in [0, 0.1) is 0 Å². The summed E-state index contributed by atoms with van der Waals surface area (Å²) in [7, 11) is -3.01. The zero-order valence-corrected chi connectivity index (χ0v) is 11.4. The van der Waals surface area contributed by atoms with Crippen molar-refractivity contribution in [3.8, 4) is 0 Å². The Labute approximate surface area is 106 Å². The second-order valence-electron chi connectivity index (χ2n) is 4.58. The highest BCUT2D eigenvalue weighted by molar-refractivity contribution is 7.91. The van der Waals surface area contributed by atoms with Crippen LogP contribution in [0.5, 0.6) is 0 Å². The lowest BCUT2D eigenvalue weighted by atomic mass is 10.2. The van der Waals surface area contributed by atoms with E-state index in [-0.39, 0.29) is 5.75 Å². The molecule has 1 aromatic rings. The van der Waals surface area contributed by atoms with Crippen LogP contribution in [0.3, 0.4) is 0 Å². The summed E-state index contributed by atoms with van der Waals surface area (Å²) in [6.45, 7) is 1.70. The molecule has 96 valence electrons. The molecule has 2 rings (SSSR count). The van der Waals surface area contributed by atoms with E-state index in [1.165, 1.54) is 11.3 Å². The van der Waals surface area contributed by atoms with E-state index >= 15 is 0 Å². The molecule has 1 N–H and O–H groups in total. The van der Waals surface area contributed by atoms with Gasteiger partial charge in [0.2, 0.25) is 0 Å². The molecular weight excluding hydrogens is 258 g/mol. The summed E-state index contributed by atoms with van der Waals surface area (Å²) in [4.78, 5) is 4.35. The fourth-order valence-electron chi connectivity index (χ4n) is 2.10. The first-order valence-corrected chi connectivity index (χ1v) is 8.42. The first-order chi connectivity index (χ1) is 7.99. The van der Waals surface area contributed by atoms with Crippen LogP contribution < -0.4 is 0 Å². The van der Waals surface area contributed by atoms with Gasteiger partial charge in [0, 0.05) is 11.8 Å². The monoisotopic (exact) mass is 275 g/mol. The molecule has 0 bridgehead atoms. The maximum atomic E-state index is 11.9. The van der Waals surface area contributed by atoms with Crippen LogP contribution in [0.15, 0.2) is 5.38 Å². The topological polar surface area (TPSA) is 67.3 Å². The number of aromatic nitrogens is 1. The predicted octanol–water partition coefficient (Wildman–Crippen LogP) is 1.71. The Kier molecular flexibility index (Phi) is 3.85. The predicted molar refractivity (Wildman–Crippen MR) is 67.9 cm³/mol. The van der Waals surface area contributed by atoms with Crippen molar-refractivity contribution >= 4 is 21.2 Å². The summed E-state index contributed by atoms with van der Waals surface area (Å²) in [6, 6.07) is 0. The summed E-state index contributed by atoms with van der Waals surface area (Å²) in [5.74, 6) is 0.281.